The van der Waals surface area contributed by atoms with Crippen LogP contribution in [-0.4, -0.2) is 87.5 Å². The highest BCUT2D eigenvalue weighted by atomic mass is 16.7. The molecule has 1 rings (SSSR count). The molecule has 7 unspecified atom stereocenters. The van der Waals surface area contributed by atoms with Gasteiger partial charge in [0, 0.05) is 6.42 Å². The lowest BCUT2D eigenvalue weighted by Gasteiger charge is -2.40. The maximum absolute atomic E-state index is 13.1. The molecule has 1 aliphatic rings. The van der Waals surface area contributed by atoms with Crippen molar-refractivity contribution in [1.82, 2.24) is 5.32 Å². The van der Waals surface area contributed by atoms with Gasteiger partial charge in [-0.2, -0.15) is 0 Å². The number of hydrogen-bond acceptors (Lipinski definition) is 8. The number of carbonyl (C=O) groups excluding carboxylic acids is 1. The first-order chi connectivity index (χ1) is 39.8. The van der Waals surface area contributed by atoms with Gasteiger partial charge in [0.15, 0.2) is 6.29 Å². The van der Waals surface area contributed by atoms with E-state index in [1.165, 1.54) is 302 Å². The Balaban J connectivity index is 2.09. The van der Waals surface area contributed by atoms with Gasteiger partial charge in [-0.05, 0) is 57.8 Å². The van der Waals surface area contributed by atoms with E-state index in [9.17, 15) is 30.3 Å². The number of aliphatic hydroxyl groups is 5. The van der Waals surface area contributed by atoms with Crippen LogP contribution in [0.1, 0.15) is 361 Å². The molecule has 0 aromatic heterocycles. The van der Waals surface area contributed by atoms with Crippen LogP contribution in [0.5, 0.6) is 0 Å². The van der Waals surface area contributed by atoms with Gasteiger partial charge in [0.1, 0.15) is 24.4 Å². The summed E-state index contributed by atoms with van der Waals surface area (Å²) in [6, 6.07) is -0.822. The van der Waals surface area contributed by atoms with Gasteiger partial charge < -0.3 is 40.3 Å². The summed E-state index contributed by atoms with van der Waals surface area (Å²) in [5, 5.41) is 54.7. The van der Waals surface area contributed by atoms with Crippen molar-refractivity contribution in [3.63, 3.8) is 0 Å². The minimum atomic E-state index is -1.57. The number of unbranched alkanes of at least 4 members (excludes halogenated alkanes) is 49. The number of aliphatic hydroxyl groups excluding tert-OH is 5. The van der Waals surface area contributed by atoms with Crippen molar-refractivity contribution in [2.75, 3.05) is 13.2 Å². The summed E-state index contributed by atoms with van der Waals surface area (Å²) in [4.78, 5) is 13.1. The zero-order chi connectivity index (χ0) is 58.6. The van der Waals surface area contributed by atoms with E-state index in [0.29, 0.717) is 6.42 Å². The molecule has 1 amide bonds. The second kappa shape index (κ2) is 61.5. The van der Waals surface area contributed by atoms with Crippen molar-refractivity contribution in [3.8, 4) is 0 Å². The predicted molar refractivity (Wildman–Crippen MR) is 346 cm³/mol. The van der Waals surface area contributed by atoms with Crippen LogP contribution in [-0.2, 0) is 14.3 Å². The Hall–Kier alpha value is -1.59. The van der Waals surface area contributed by atoms with Crippen molar-refractivity contribution >= 4 is 5.91 Å². The zero-order valence-electron chi connectivity index (χ0n) is 53.6. The molecule has 1 aliphatic heterocycles. The predicted octanol–water partition coefficient (Wildman–Crippen LogP) is 19.4. The van der Waals surface area contributed by atoms with E-state index in [1.807, 2.05) is 6.08 Å². The minimum absolute atomic E-state index is 0.180. The molecule has 9 heteroatoms. The number of ether oxygens (including phenoxy) is 2. The SMILES string of the molecule is CCCCCCCCCCCCCCCCC/C=C/CC/C=C/C(O)C(COC1OC(CO)C(O)C(O)C1O)NC(=O)CCCCCCCCCCCCCCCCCCC/C=C\CCCCCCCCCCCCCCCCCC. The molecular weight excluding hydrogens is 1010 g/mol. The molecular formula is C72H137NO8. The van der Waals surface area contributed by atoms with Crippen LogP contribution < -0.4 is 5.32 Å². The Morgan fingerprint density at radius 3 is 1.04 bits per heavy atom. The Bertz CT molecular complexity index is 1370. The summed E-state index contributed by atoms with van der Waals surface area (Å²) < 4.78 is 11.3. The van der Waals surface area contributed by atoms with E-state index in [1.54, 1.807) is 6.08 Å². The molecule has 9 nitrogen and oxygen atoms in total. The summed E-state index contributed by atoms with van der Waals surface area (Å²) in [6.45, 7) is 3.82. The third-order valence-corrected chi connectivity index (χ3v) is 17.2. The Morgan fingerprint density at radius 1 is 0.407 bits per heavy atom. The quantitative estimate of drug-likeness (QED) is 0.0261. The van der Waals surface area contributed by atoms with Crippen molar-refractivity contribution in [3.05, 3.63) is 36.5 Å². The van der Waals surface area contributed by atoms with E-state index in [4.69, 9.17) is 9.47 Å². The number of hydrogen-bond donors (Lipinski definition) is 6. The van der Waals surface area contributed by atoms with Crippen LogP contribution in [0.25, 0.3) is 0 Å². The Kier molecular flexibility index (Phi) is 58.8. The van der Waals surface area contributed by atoms with Gasteiger partial charge in [-0.1, -0.05) is 333 Å². The van der Waals surface area contributed by atoms with Crippen LogP contribution in [0.4, 0.5) is 0 Å². The molecule has 7 atom stereocenters. The number of carbonyl (C=O) groups is 1. The van der Waals surface area contributed by atoms with Gasteiger partial charge in [0.05, 0.1) is 25.4 Å². The zero-order valence-corrected chi connectivity index (χ0v) is 53.6. The normalized spacial score (nSPS) is 18.5. The fourth-order valence-corrected chi connectivity index (χ4v) is 11.6. The Labute approximate surface area is 501 Å². The molecule has 0 aliphatic carbocycles. The summed E-state index contributed by atoms with van der Waals surface area (Å²) >= 11 is 0. The lowest BCUT2D eigenvalue weighted by Crippen LogP contribution is -2.60. The first-order valence-electron chi connectivity index (χ1n) is 35.7. The molecule has 1 heterocycles. The maximum atomic E-state index is 13.1. The average Bonchev–Trinajstić information content (AvgIpc) is 3.50. The van der Waals surface area contributed by atoms with Crippen molar-refractivity contribution < 1.29 is 39.8 Å². The van der Waals surface area contributed by atoms with E-state index in [0.717, 1.165) is 38.5 Å². The third kappa shape index (κ3) is 50.3. The Morgan fingerprint density at radius 2 is 0.704 bits per heavy atom. The van der Waals surface area contributed by atoms with E-state index < -0.39 is 49.5 Å². The average molecular weight is 1140 g/mol. The highest BCUT2D eigenvalue weighted by molar-refractivity contribution is 5.76. The number of nitrogens with one attached hydrogen (secondary N) is 1. The summed E-state index contributed by atoms with van der Waals surface area (Å²) in [5.74, 6) is -0.180. The van der Waals surface area contributed by atoms with Crippen molar-refractivity contribution in [2.45, 2.75) is 403 Å². The molecule has 81 heavy (non-hydrogen) atoms. The molecule has 0 aromatic rings. The second-order valence-electron chi connectivity index (χ2n) is 25.0. The minimum Gasteiger partial charge on any atom is -0.394 e. The van der Waals surface area contributed by atoms with Crippen molar-refractivity contribution in [2.24, 2.45) is 0 Å². The molecule has 0 radical (unpaired) electrons. The van der Waals surface area contributed by atoms with Gasteiger partial charge in [-0.3, -0.25) is 4.79 Å². The maximum Gasteiger partial charge on any atom is 0.220 e. The summed E-state index contributed by atoms with van der Waals surface area (Å²) in [6.07, 6.45) is 75.6. The monoisotopic (exact) mass is 1140 g/mol. The molecule has 0 bridgehead atoms. The standard InChI is InChI=1S/C72H137NO8/c1-3-5-7-9-11-13-15-17-19-21-23-25-26-27-28-29-30-31-32-33-34-35-36-37-38-39-40-42-44-46-48-50-52-54-56-58-60-62-68(76)73-65(64-80-72-71(79)70(78)69(77)67(63-74)81-72)66(75)61-59-57-55-53-51-49-47-45-43-41-24-22-20-18-16-14-12-10-8-6-4-2/h31-32,51,53,59,61,65-67,69-72,74-75,77-79H,3-30,33-50,52,54-58,60,62-64H2,1-2H3,(H,73,76)/b32-31-,53-51+,61-59+. The summed E-state index contributed by atoms with van der Waals surface area (Å²) in [7, 11) is 0. The summed E-state index contributed by atoms with van der Waals surface area (Å²) in [5.41, 5.74) is 0. The first kappa shape index (κ1) is 77.4. The molecule has 6 N–H and O–H groups in total. The highest BCUT2D eigenvalue weighted by Crippen LogP contribution is 2.23. The molecule has 0 spiro atoms. The van der Waals surface area contributed by atoms with E-state index in [2.05, 4.69) is 43.5 Å². The van der Waals surface area contributed by atoms with E-state index in [-0.39, 0.29) is 12.5 Å². The number of rotatable bonds is 63. The van der Waals surface area contributed by atoms with Gasteiger partial charge in [0.2, 0.25) is 5.91 Å². The number of allylic oxidation sites excluding steroid dienone is 5. The van der Waals surface area contributed by atoms with Crippen LogP contribution in [0.2, 0.25) is 0 Å². The van der Waals surface area contributed by atoms with Gasteiger partial charge in [-0.25, -0.2) is 0 Å². The molecule has 0 saturated carbocycles. The topological polar surface area (TPSA) is 149 Å². The van der Waals surface area contributed by atoms with Gasteiger partial charge in [-0.15, -0.1) is 0 Å². The van der Waals surface area contributed by atoms with Gasteiger partial charge >= 0.3 is 0 Å². The molecule has 1 fully saturated rings. The van der Waals surface area contributed by atoms with Crippen LogP contribution in [0, 0.1) is 0 Å². The van der Waals surface area contributed by atoms with Crippen molar-refractivity contribution in [1.29, 1.82) is 0 Å². The smallest absolute Gasteiger partial charge is 0.220 e. The fraction of sp³-hybridized carbons (Fsp3) is 0.903. The first-order valence-corrected chi connectivity index (χ1v) is 35.7. The van der Waals surface area contributed by atoms with Crippen LogP contribution in [0.15, 0.2) is 36.5 Å². The van der Waals surface area contributed by atoms with Crippen LogP contribution in [0.3, 0.4) is 0 Å². The second-order valence-corrected chi connectivity index (χ2v) is 25.0. The van der Waals surface area contributed by atoms with Crippen LogP contribution >= 0.6 is 0 Å². The lowest BCUT2D eigenvalue weighted by molar-refractivity contribution is -0.302. The largest absolute Gasteiger partial charge is 0.394 e. The number of amides is 1. The molecule has 1 saturated heterocycles. The van der Waals surface area contributed by atoms with Gasteiger partial charge in [0.25, 0.3) is 0 Å². The lowest BCUT2D eigenvalue weighted by atomic mass is 9.99. The molecule has 0 aromatic carbocycles. The third-order valence-electron chi connectivity index (χ3n) is 17.2. The van der Waals surface area contributed by atoms with E-state index >= 15 is 0 Å². The fourth-order valence-electron chi connectivity index (χ4n) is 11.6. The highest BCUT2D eigenvalue weighted by Gasteiger charge is 2.44. The molecule has 478 valence electrons.